The molecule has 2 rings (SSSR count). The van der Waals surface area contributed by atoms with Crippen LogP contribution in [-0.2, 0) is 0 Å². The Hall–Kier alpha value is -1.76. The lowest BCUT2D eigenvalue weighted by Crippen LogP contribution is -2.51. The zero-order valence-electron chi connectivity index (χ0n) is 8.17. The van der Waals surface area contributed by atoms with E-state index in [1.165, 1.54) is 0 Å². The van der Waals surface area contributed by atoms with Crippen LogP contribution in [0.4, 0.5) is 20.2 Å². The standard InChI is InChI=1S/C9H9F2N3O2/c10-6-1-7(11)9(14(15)16)2-8(6)13-5-3-12-4-5/h1-2,5,12-13H,3-4H2. The second-order valence-electron chi connectivity index (χ2n) is 3.54. The minimum Gasteiger partial charge on any atom is -0.377 e. The van der Waals surface area contributed by atoms with Crippen LogP contribution < -0.4 is 10.6 Å². The number of nitrogens with zero attached hydrogens (tertiary/aromatic N) is 1. The van der Waals surface area contributed by atoms with Crippen molar-refractivity contribution in [2.75, 3.05) is 18.4 Å². The molecule has 1 fully saturated rings. The molecule has 0 bridgehead atoms. The fraction of sp³-hybridized carbons (Fsp3) is 0.333. The highest BCUT2D eigenvalue weighted by Gasteiger charge is 2.22. The van der Waals surface area contributed by atoms with E-state index >= 15 is 0 Å². The van der Waals surface area contributed by atoms with Gasteiger partial charge >= 0.3 is 5.69 Å². The third-order valence-electron chi connectivity index (χ3n) is 2.37. The van der Waals surface area contributed by atoms with E-state index in [9.17, 15) is 18.9 Å². The van der Waals surface area contributed by atoms with Gasteiger partial charge in [0.05, 0.1) is 16.7 Å². The van der Waals surface area contributed by atoms with Gasteiger partial charge in [-0.05, 0) is 0 Å². The number of hydrogen-bond donors (Lipinski definition) is 2. The molecule has 1 aromatic rings. The Morgan fingerprint density at radius 2 is 2.06 bits per heavy atom. The summed E-state index contributed by atoms with van der Waals surface area (Å²) in [6.07, 6.45) is 0. The van der Waals surface area contributed by atoms with E-state index in [2.05, 4.69) is 10.6 Å². The SMILES string of the molecule is O=[N+]([O-])c1cc(NC2CNC2)c(F)cc1F. The van der Waals surface area contributed by atoms with Gasteiger partial charge in [-0.15, -0.1) is 0 Å². The lowest BCUT2D eigenvalue weighted by Gasteiger charge is -2.29. The molecule has 0 aromatic heterocycles. The van der Waals surface area contributed by atoms with Gasteiger partial charge in [0.1, 0.15) is 5.82 Å². The molecule has 0 saturated carbocycles. The van der Waals surface area contributed by atoms with Crippen molar-refractivity contribution in [1.82, 2.24) is 5.32 Å². The maximum absolute atomic E-state index is 13.3. The van der Waals surface area contributed by atoms with Crippen molar-refractivity contribution in [2.24, 2.45) is 0 Å². The molecule has 0 spiro atoms. The van der Waals surface area contributed by atoms with Crippen LogP contribution in [0.25, 0.3) is 0 Å². The van der Waals surface area contributed by atoms with Crippen molar-refractivity contribution < 1.29 is 13.7 Å². The molecule has 5 nitrogen and oxygen atoms in total. The van der Waals surface area contributed by atoms with Gasteiger partial charge in [0.25, 0.3) is 0 Å². The Bertz CT molecular complexity index is 435. The van der Waals surface area contributed by atoms with Gasteiger partial charge in [-0.3, -0.25) is 10.1 Å². The van der Waals surface area contributed by atoms with Crippen molar-refractivity contribution in [1.29, 1.82) is 0 Å². The number of halogens is 2. The summed E-state index contributed by atoms with van der Waals surface area (Å²) >= 11 is 0. The summed E-state index contributed by atoms with van der Waals surface area (Å²) in [4.78, 5) is 9.58. The van der Waals surface area contributed by atoms with Gasteiger partial charge in [0.2, 0.25) is 5.82 Å². The Morgan fingerprint density at radius 3 is 2.56 bits per heavy atom. The third-order valence-corrected chi connectivity index (χ3v) is 2.37. The Morgan fingerprint density at radius 1 is 1.38 bits per heavy atom. The fourth-order valence-corrected chi connectivity index (χ4v) is 1.40. The monoisotopic (exact) mass is 229 g/mol. The summed E-state index contributed by atoms with van der Waals surface area (Å²) in [6.45, 7) is 1.31. The minimum atomic E-state index is -1.17. The molecule has 7 heteroatoms. The Labute approximate surface area is 89.6 Å². The highest BCUT2D eigenvalue weighted by atomic mass is 19.1. The largest absolute Gasteiger partial charge is 0.377 e. The first-order valence-electron chi connectivity index (χ1n) is 4.68. The molecular weight excluding hydrogens is 220 g/mol. The highest BCUT2D eigenvalue weighted by Crippen LogP contribution is 2.25. The Kier molecular flexibility index (Phi) is 2.69. The van der Waals surface area contributed by atoms with Crippen LogP contribution in [-0.4, -0.2) is 24.1 Å². The van der Waals surface area contributed by atoms with E-state index in [0.717, 1.165) is 6.07 Å². The average molecular weight is 229 g/mol. The molecule has 0 aliphatic carbocycles. The van der Waals surface area contributed by atoms with Crippen LogP contribution >= 0.6 is 0 Å². The number of nitrogens with one attached hydrogen (secondary N) is 2. The Balaban J connectivity index is 2.28. The molecule has 2 N–H and O–H groups in total. The van der Waals surface area contributed by atoms with Gasteiger partial charge in [-0.25, -0.2) is 4.39 Å². The summed E-state index contributed by atoms with van der Waals surface area (Å²) in [7, 11) is 0. The van der Waals surface area contributed by atoms with Crippen LogP contribution in [0.15, 0.2) is 12.1 Å². The van der Waals surface area contributed by atoms with Crippen molar-refractivity contribution in [2.45, 2.75) is 6.04 Å². The van der Waals surface area contributed by atoms with Crippen LogP contribution in [0.5, 0.6) is 0 Å². The lowest BCUT2D eigenvalue weighted by atomic mass is 10.1. The number of hydrogen-bond acceptors (Lipinski definition) is 4. The first-order valence-corrected chi connectivity index (χ1v) is 4.68. The second kappa shape index (κ2) is 4.01. The van der Waals surface area contributed by atoms with Crippen molar-refractivity contribution in [3.63, 3.8) is 0 Å². The quantitative estimate of drug-likeness (QED) is 0.604. The van der Waals surface area contributed by atoms with Crippen molar-refractivity contribution in [3.8, 4) is 0 Å². The maximum atomic E-state index is 13.3. The van der Waals surface area contributed by atoms with Crippen LogP contribution in [0, 0.1) is 21.7 Å². The van der Waals surface area contributed by atoms with E-state index < -0.39 is 22.2 Å². The van der Waals surface area contributed by atoms with E-state index in [1.54, 1.807) is 0 Å². The number of nitro groups is 1. The van der Waals surface area contributed by atoms with E-state index in [-0.39, 0.29) is 11.7 Å². The summed E-state index contributed by atoms with van der Waals surface area (Å²) in [5.41, 5.74) is -0.768. The zero-order valence-corrected chi connectivity index (χ0v) is 8.17. The summed E-state index contributed by atoms with van der Waals surface area (Å²) in [5.74, 6) is -1.99. The first-order chi connectivity index (χ1) is 7.58. The van der Waals surface area contributed by atoms with Crippen LogP contribution in [0.1, 0.15) is 0 Å². The minimum absolute atomic E-state index is 0.0274. The smallest absolute Gasteiger partial charge is 0.307 e. The molecule has 1 saturated heterocycles. The molecule has 0 unspecified atom stereocenters. The molecule has 0 radical (unpaired) electrons. The molecule has 0 amide bonds. The van der Waals surface area contributed by atoms with E-state index in [0.29, 0.717) is 19.2 Å². The third kappa shape index (κ3) is 1.94. The molecule has 0 atom stereocenters. The molecule has 16 heavy (non-hydrogen) atoms. The number of anilines is 1. The van der Waals surface area contributed by atoms with Gasteiger partial charge in [-0.2, -0.15) is 4.39 Å². The van der Waals surface area contributed by atoms with Crippen LogP contribution in [0.3, 0.4) is 0 Å². The average Bonchev–Trinajstić information content (AvgIpc) is 2.13. The number of nitro benzene ring substituents is 1. The number of rotatable bonds is 3. The molecule has 1 aliphatic rings. The van der Waals surface area contributed by atoms with Crippen LogP contribution in [0.2, 0.25) is 0 Å². The van der Waals surface area contributed by atoms with Gasteiger partial charge in [-0.1, -0.05) is 0 Å². The summed E-state index contributed by atoms with van der Waals surface area (Å²) in [5, 5.41) is 16.2. The first kappa shape index (κ1) is 10.7. The summed E-state index contributed by atoms with van der Waals surface area (Å²) in [6, 6.07) is 1.43. The van der Waals surface area contributed by atoms with E-state index in [1.807, 2.05) is 0 Å². The highest BCUT2D eigenvalue weighted by molar-refractivity contribution is 5.54. The topological polar surface area (TPSA) is 67.2 Å². The van der Waals surface area contributed by atoms with Gasteiger partial charge in [0, 0.05) is 25.2 Å². The summed E-state index contributed by atoms with van der Waals surface area (Å²) < 4.78 is 26.3. The van der Waals surface area contributed by atoms with E-state index in [4.69, 9.17) is 0 Å². The molecular formula is C9H9F2N3O2. The fourth-order valence-electron chi connectivity index (χ4n) is 1.40. The maximum Gasteiger partial charge on any atom is 0.307 e. The zero-order chi connectivity index (χ0) is 11.7. The molecule has 1 heterocycles. The predicted octanol–water partition coefficient (Wildman–Crippen LogP) is 1.26. The van der Waals surface area contributed by atoms with Gasteiger partial charge < -0.3 is 10.6 Å². The molecule has 1 aromatic carbocycles. The lowest BCUT2D eigenvalue weighted by molar-refractivity contribution is -0.387. The van der Waals surface area contributed by atoms with Crippen molar-refractivity contribution in [3.05, 3.63) is 33.9 Å². The molecule has 86 valence electrons. The predicted molar refractivity (Wildman–Crippen MR) is 53.3 cm³/mol. The molecule has 1 aliphatic heterocycles. The normalized spacial score (nSPS) is 15.6. The second-order valence-corrected chi connectivity index (χ2v) is 3.54. The van der Waals surface area contributed by atoms with Gasteiger partial charge in [0.15, 0.2) is 0 Å². The van der Waals surface area contributed by atoms with Crippen molar-refractivity contribution >= 4 is 11.4 Å². The number of benzene rings is 1.